The van der Waals surface area contributed by atoms with E-state index in [1.54, 1.807) is 0 Å². The summed E-state index contributed by atoms with van der Waals surface area (Å²) in [5.74, 6) is -0.998. The van der Waals surface area contributed by atoms with E-state index < -0.39 is 12.1 Å². The summed E-state index contributed by atoms with van der Waals surface area (Å²) in [5.41, 5.74) is 0. The summed E-state index contributed by atoms with van der Waals surface area (Å²) >= 11 is 0. The Kier molecular flexibility index (Phi) is 45.0. The molecule has 6 nitrogen and oxygen atoms in total. The third kappa shape index (κ3) is 45.8. The summed E-state index contributed by atoms with van der Waals surface area (Å²) < 4.78 is 16.7. The van der Waals surface area contributed by atoms with Crippen LogP contribution in [-0.2, 0) is 28.6 Å². The number of ether oxygens (including phenoxy) is 3. The van der Waals surface area contributed by atoms with Crippen LogP contribution in [-0.4, -0.2) is 37.2 Å². The SMILES string of the molecule is CC/C=C\C/C=C\C/C=C\C/C=C\CCC(=O)OC(COC(=O)CCCCCCCCC/C=C\C/C=C\CCCCC)COC(=O)CCCCCCCCCCCCC. The summed E-state index contributed by atoms with van der Waals surface area (Å²) in [6.45, 7) is 6.41. The smallest absolute Gasteiger partial charge is 0.306 e. The second-order valence-corrected chi connectivity index (χ2v) is 16.0. The molecule has 0 aliphatic heterocycles. The Balaban J connectivity index is 4.45. The Morgan fingerprint density at radius 1 is 0.356 bits per heavy atom. The molecule has 59 heavy (non-hydrogen) atoms. The monoisotopic (exact) mass is 823 g/mol. The Labute approximate surface area is 363 Å². The second kappa shape index (κ2) is 47.5. The molecule has 0 saturated heterocycles. The third-order valence-electron chi connectivity index (χ3n) is 10.2. The molecule has 0 N–H and O–H groups in total. The lowest BCUT2D eigenvalue weighted by atomic mass is 10.1. The standard InChI is InChI=1S/C53H90O6/c1-4-7-10-13-16-19-22-24-25-26-27-29-31-34-37-40-43-46-52(55)58-49-50(48-57-51(54)45-42-39-36-33-30-21-18-15-12-9-6-3)59-53(56)47-44-41-38-35-32-28-23-20-17-14-11-8-5-2/h8,11,16-17,19-20,24-25,28,32,38,41,50H,4-7,9-10,12-15,18,21-23,26-27,29-31,33-37,39-40,42-49H2,1-3H3/b11-8-,19-16-,20-17-,25-24-,32-28-,41-38-. The first-order valence-corrected chi connectivity index (χ1v) is 24.4. The van der Waals surface area contributed by atoms with E-state index in [0.717, 1.165) is 77.0 Å². The van der Waals surface area contributed by atoms with Crippen molar-refractivity contribution in [1.29, 1.82) is 0 Å². The van der Waals surface area contributed by atoms with Gasteiger partial charge in [0.1, 0.15) is 13.2 Å². The van der Waals surface area contributed by atoms with Gasteiger partial charge >= 0.3 is 17.9 Å². The van der Waals surface area contributed by atoms with E-state index in [-0.39, 0.29) is 31.6 Å². The lowest BCUT2D eigenvalue weighted by Gasteiger charge is -2.18. The van der Waals surface area contributed by atoms with Crippen molar-refractivity contribution in [3.05, 3.63) is 72.9 Å². The molecule has 1 unspecified atom stereocenters. The predicted octanol–water partition coefficient (Wildman–Crippen LogP) is 15.9. The van der Waals surface area contributed by atoms with Crippen LogP contribution in [0.5, 0.6) is 0 Å². The van der Waals surface area contributed by atoms with E-state index in [1.165, 1.54) is 103 Å². The van der Waals surface area contributed by atoms with E-state index in [9.17, 15) is 14.4 Å². The average molecular weight is 823 g/mol. The molecule has 0 aromatic heterocycles. The molecule has 1 atom stereocenters. The van der Waals surface area contributed by atoms with Gasteiger partial charge in [0.2, 0.25) is 0 Å². The van der Waals surface area contributed by atoms with Gasteiger partial charge in [0, 0.05) is 19.3 Å². The number of unbranched alkanes of at least 4 members (excludes halogenated alkanes) is 20. The summed E-state index contributed by atoms with van der Waals surface area (Å²) in [6.07, 6.45) is 59.0. The number of allylic oxidation sites excluding steroid dienone is 12. The van der Waals surface area contributed by atoms with E-state index in [0.29, 0.717) is 19.3 Å². The van der Waals surface area contributed by atoms with Crippen LogP contribution in [0.3, 0.4) is 0 Å². The minimum atomic E-state index is -0.813. The first-order chi connectivity index (χ1) is 29.0. The van der Waals surface area contributed by atoms with Crippen molar-refractivity contribution in [3.8, 4) is 0 Å². The quantitative estimate of drug-likeness (QED) is 0.0264. The van der Waals surface area contributed by atoms with Gasteiger partial charge in [-0.3, -0.25) is 14.4 Å². The van der Waals surface area contributed by atoms with Gasteiger partial charge in [-0.1, -0.05) is 203 Å². The highest BCUT2D eigenvalue weighted by Crippen LogP contribution is 2.14. The van der Waals surface area contributed by atoms with E-state index in [1.807, 2.05) is 12.2 Å². The maximum atomic E-state index is 12.7. The van der Waals surface area contributed by atoms with Gasteiger partial charge in [-0.25, -0.2) is 0 Å². The van der Waals surface area contributed by atoms with Gasteiger partial charge in [0.05, 0.1) is 0 Å². The zero-order chi connectivity index (χ0) is 43.0. The van der Waals surface area contributed by atoms with Gasteiger partial charge in [-0.05, 0) is 77.0 Å². The molecule has 0 radical (unpaired) electrons. The molecule has 0 aromatic rings. The van der Waals surface area contributed by atoms with Crippen LogP contribution >= 0.6 is 0 Å². The Morgan fingerprint density at radius 3 is 1.14 bits per heavy atom. The van der Waals surface area contributed by atoms with Crippen molar-refractivity contribution in [2.75, 3.05) is 13.2 Å². The molecule has 0 amide bonds. The molecule has 0 aliphatic rings. The van der Waals surface area contributed by atoms with Crippen molar-refractivity contribution >= 4 is 17.9 Å². The fourth-order valence-electron chi connectivity index (χ4n) is 6.54. The molecule has 0 rings (SSSR count). The van der Waals surface area contributed by atoms with Crippen LogP contribution in [0.15, 0.2) is 72.9 Å². The highest BCUT2D eigenvalue weighted by atomic mass is 16.6. The van der Waals surface area contributed by atoms with Crippen molar-refractivity contribution < 1.29 is 28.6 Å². The zero-order valence-electron chi connectivity index (χ0n) is 38.5. The normalized spacial score (nSPS) is 12.7. The Bertz CT molecular complexity index is 1130. The number of esters is 3. The molecule has 0 fully saturated rings. The van der Waals surface area contributed by atoms with Gasteiger partial charge in [0.25, 0.3) is 0 Å². The maximum absolute atomic E-state index is 12.7. The summed E-state index contributed by atoms with van der Waals surface area (Å²) in [6, 6.07) is 0. The predicted molar refractivity (Wildman–Crippen MR) is 251 cm³/mol. The van der Waals surface area contributed by atoms with Crippen molar-refractivity contribution in [3.63, 3.8) is 0 Å². The summed E-state index contributed by atoms with van der Waals surface area (Å²) in [5, 5.41) is 0. The average Bonchev–Trinajstić information content (AvgIpc) is 3.23. The fraction of sp³-hybridized carbons (Fsp3) is 0.717. The fourth-order valence-corrected chi connectivity index (χ4v) is 6.54. The van der Waals surface area contributed by atoms with Crippen molar-refractivity contribution in [2.45, 2.75) is 232 Å². The number of carbonyl (C=O) groups is 3. The van der Waals surface area contributed by atoms with Crippen LogP contribution in [0, 0.1) is 0 Å². The maximum Gasteiger partial charge on any atom is 0.306 e. The van der Waals surface area contributed by atoms with Crippen LogP contribution in [0.4, 0.5) is 0 Å². The Morgan fingerprint density at radius 2 is 0.695 bits per heavy atom. The van der Waals surface area contributed by atoms with Crippen LogP contribution in [0.1, 0.15) is 226 Å². The van der Waals surface area contributed by atoms with E-state index >= 15 is 0 Å². The molecule has 0 saturated carbocycles. The molecule has 0 aromatic carbocycles. The van der Waals surface area contributed by atoms with Gasteiger partial charge in [-0.15, -0.1) is 0 Å². The van der Waals surface area contributed by atoms with Gasteiger partial charge in [0.15, 0.2) is 6.10 Å². The van der Waals surface area contributed by atoms with Gasteiger partial charge in [-0.2, -0.15) is 0 Å². The minimum absolute atomic E-state index is 0.105. The van der Waals surface area contributed by atoms with Crippen LogP contribution < -0.4 is 0 Å². The third-order valence-corrected chi connectivity index (χ3v) is 10.2. The molecule has 0 aliphatic carbocycles. The number of carbonyl (C=O) groups excluding carboxylic acids is 3. The largest absolute Gasteiger partial charge is 0.462 e. The van der Waals surface area contributed by atoms with Crippen molar-refractivity contribution in [2.24, 2.45) is 0 Å². The number of rotatable bonds is 43. The van der Waals surface area contributed by atoms with E-state index in [4.69, 9.17) is 14.2 Å². The Hall–Kier alpha value is -3.15. The first kappa shape index (κ1) is 55.9. The lowest BCUT2D eigenvalue weighted by molar-refractivity contribution is -0.166. The zero-order valence-corrected chi connectivity index (χ0v) is 38.5. The second-order valence-electron chi connectivity index (χ2n) is 16.0. The molecule has 0 bridgehead atoms. The number of hydrogen-bond acceptors (Lipinski definition) is 6. The molecule has 338 valence electrons. The van der Waals surface area contributed by atoms with Crippen molar-refractivity contribution in [1.82, 2.24) is 0 Å². The number of hydrogen-bond donors (Lipinski definition) is 0. The van der Waals surface area contributed by atoms with Crippen LogP contribution in [0.2, 0.25) is 0 Å². The molecule has 0 spiro atoms. The highest BCUT2D eigenvalue weighted by Gasteiger charge is 2.19. The lowest BCUT2D eigenvalue weighted by Crippen LogP contribution is -2.30. The highest BCUT2D eigenvalue weighted by molar-refractivity contribution is 5.71. The summed E-state index contributed by atoms with van der Waals surface area (Å²) in [7, 11) is 0. The van der Waals surface area contributed by atoms with Gasteiger partial charge < -0.3 is 14.2 Å². The topological polar surface area (TPSA) is 78.9 Å². The molecular weight excluding hydrogens is 733 g/mol. The molecule has 6 heteroatoms. The molecular formula is C53H90O6. The van der Waals surface area contributed by atoms with E-state index in [2.05, 4.69) is 81.5 Å². The molecule has 0 heterocycles. The van der Waals surface area contributed by atoms with Crippen LogP contribution in [0.25, 0.3) is 0 Å². The first-order valence-electron chi connectivity index (χ1n) is 24.4. The summed E-state index contributed by atoms with van der Waals surface area (Å²) in [4.78, 5) is 37.8. The minimum Gasteiger partial charge on any atom is -0.462 e.